The van der Waals surface area contributed by atoms with E-state index in [9.17, 15) is 4.79 Å². The molecule has 0 radical (unpaired) electrons. The molecule has 3 aromatic rings. The zero-order valence-corrected chi connectivity index (χ0v) is 16.3. The fraction of sp³-hybridized carbons (Fsp3) is 0.333. The number of hydrogen-bond donors (Lipinski definition) is 2. The Labute approximate surface area is 164 Å². The van der Waals surface area contributed by atoms with Gasteiger partial charge in [0.2, 0.25) is 0 Å². The minimum absolute atomic E-state index is 0.223. The number of amides is 1. The normalized spacial score (nSPS) is 12.4. The van der Waals surface area contributed by atoms with Gasteiger partial charge in [-0.1, -0.05) is 50.3 Å². The fourth-order valence-corrected chi connectivity index (χ4v) is 2.87. The monoisotopic (exact) mass is 385 g/mol. The molecule has 1 aliphatic carbocycles. The molecule has 0 spiro atoms. The van der Waals surface area contributed by atoms with Gasteiger partial charge in [0.05, 0.1) is 14.2 Å². The Morgan fingerprint density at radius 3 is 1.93 bits per heavy atom. The Kier molecular flexibility index (Phi) is 8.14. The largest absolute Gasteiger partial charge is 0.496 e. The zero-order chi connectivity index (χ0) is 20.4. The molecule has 1 aromatic heterocycles. The number of oxazole rings is 1. The van der Waals surface area contributed by atoms with E-state index in [-0.39, 0.29) is 11.6 Å². The van der Waals surface area contributed by atoms with Crippen molar-refractivity contribution < 1.29 is 18.7 Å². The lowest BCUT2D eigenvalue weighted by atomic mass is 10.1. The van der Waals surface area contributed by atoms with Gasteiger partial charge in [0.1, 0.15) is 22.6 Å². The number of carbonyl (C=O) groups is 1. The highest BCUT2D eigenvalue weighted by Crippen LogP contribution is 2.27. The number of ether oxygens (including phenoxy) is 2. The summed E-state index contributed by atoms with van der Waals surface area (Å²) in [7, 11) is 2.95. The van der Waals surface area contributed by atoms with Gasteiger partial charge in [-0.15, -0.1) is 0 Å². The maximum absolute atomic E-state index is 11.0. The van der Waals surface area contributed by atoms with Crippen LogP contribution in [-0.4, -0.2) is 25.1 Å². The predicted molar refractivity (Wildman–Crippen MR) is 110 cm³/mol. The van der Waals surface area contributed by atoms with Crippen molar-refractivity contribution in [3.05, 3.63) is 48.0 Å². The number of para-hydroxylation sites is 2. The van der Waals surface area contributed by atoms with Crippen LogP contribution in [0.1, 0.15) is 42.5 Å². The number of carbonyl (C=O) groups excluding carboxylic acids is 1. The quantitative estimate of drug-likeness (QED) is 0.700. The number of nitrogens with zero attached hydrogens (tertiary/aromatic N) is 1. The molecule has 0 bridgehead atoms. The topological polar surface area (TPSA) is 114 Å². The van der Waals surface area contributed by atoms with Crippen LogP contribution in [0.2, 0.25) is 0 Å². The number of nitrogens with two attached hydrogens (primary N) is 2. The number of anilines is 1. The number of nitrogen functional groups attached to an aromatic ring is 1. The third-order valence-corrected chi connectivity index (χ3v) is 4.23. The van der Waals surface area contributed by atoms with E-state index in [0.717, 1.165) is 11.1 Å². The lowest BCUT2D eigenvalue weighted by Gasteiger charge is -2.09. The summed E-state index contributed by atoms with van der Waals surface area (Å²) in [5.41, 5.74) is 12.3. The van der Waals surface area contributed by atoms with E-state index >= 15 is 0 Å². The van der Waals surface area contributed by atoms with Gasteiger partial charge in [-0.25, -0.2) is 0 Å². The first kappa shape index (κ1) is 21.1. The molecule has 0 unspecified atom stereocenters. The van der Waals surface area contributed by atoms with Crippen LogP contribution in [-0.2, 0) is 0 Å². The lowest BCUT2D eigenvalue weighted by Crippen LogP contribution is -2.13. The Hall–Kier alpha value is -3.22. The summed E-state index contributed by atoms with van der Waals surface area (Å²) in [6.45, 7) is 0. The first-order chi connectivity index (χ1) is 13.6. The average molecular weight is 385 g/mol. The zero-order valence-electron chi connectivity index (χ0n) is 16.3. The van der Waals surface area contributed by atoms with Crippen LogP contribution < -0.4 is 20.9 Å². The molecule has 4 rings (SSSR count). The van der Waals surface area contributed by atoms with Gasteiger partial charge in [0.25, 0.3) is 11.9 Å². The molecule has 1 saturated carbocycles. The van der Waals surface area contributed by atoms with Gasteiger partial charge in [0, 0.05) is 0 Å². The lowest BCUT2D eigenvalue weighted by molar-refractivity contribution is 0.0994. The molecule has 7 heteroatoms. The van der Waals surface area contributed by atoms with Crippen molar-refractivity contribution in [1.29, 1.82) is 0 Å². The summed E-state index contributed by atoms with van der Waals surface area (Å²) in [5, 5.41) is 0. The van der Waals surface area contributed by atoms with E-state index in [1.54, 1.807) is 18.2 Å². The van der Waals surface area contributed by atoms with E-state index in [1.165, 1.54) is 46.3 Å². The van der Waals surface area contributed by atoms with Crippen molar-refractivity contribution >= 4 is 23.0 Å². The van der Waals surface area contributed by atoms with Gasteiger partial charge in [0.15, 0.2) is 5.58 Å². The smallest absolute Gasteiger partial charge is 0.292 e. The molecular formula is C21H27N3O4. The van der Waals surface area contributed by atoms with Crippen LogP contribution in [0.5, 0.6) is 11.5 Å². The second kappa shape index (κ2) is 10.8. The van der Waals surface area contributed by atoms with Gasteiger partial charge in [-0.2, -0.15) is 4.98 Å². The highest BCUT2D eigenvalue weighted by molar-refractivity contribution is 5.98. The highest BCUT2D eigenvalue weighted by atomic mass is 16.5. The van der Waals surface area contributed by atoms with E-state index in [2.05, 4.69) is 4.98 Å². The minimum Gasteiger partial charge on any atom is -0.496 e. The number of benzene rings is 2. The SMILES string of the molecule is C1CCCC1.COc1cccc(OC)c1C(N)=O.Nc1nc2ccccc2o1. The first-order valence-electron chi connectivity index (χ1n) is 9.18. The van der Waals surface area contributed by atoms with Crippen molar-refractivity contribution in [2.75, 3.05) is 20.0 Å². The Balaban J connectivity index is 0.000000164. The molecule has 28 heavy (non-hydrogen) atoms. The highest BCUT2D eigenvalue weighted by Gasteiger charge is 2.14. The maximum Gasteiger partial charge on any atom is 0.292 e. The number of aromatic nitrogens is 1. The standard InChI is InChI=1S/C9H11NO3.C7H6N2O.C5H10/c1-12-6-4-3-5-7(13-2)8(6)9(10)11;8-7-9-5-3-1-2-4-6(5)10-7;1-2-4-5-3-1/h3-5H,1-2H3,(H2,10,11);1-4H,(H2,8,9);1-5H2. The average Bonchev–Trinajstić information content (AvgIpc) is 3.39. The molecular weight excluding hydrogens is 358 g/mol. The molecule has 1 fully saturated rings. The van der Waals surface area contributed by atoms with Gasteiger partial charge < -0.3 is 25.4 Å². The van der Waals surface area contributed by atoms with Gasteiger partial charge in [-0.05, 0) is 24.3 Å². The number of fused-ring (bicyclic) bond motifs is 1. The number of primary amides is 1. The number of methoxy groups -OCH3 is 2. The summed E-state index contributed by atoms with van der Waals surface area (Å²) < 4.78 is 15.0. The van der Waals surface area contributed by atoms with Crippen molar-refractivity contribution in [2.24, 2.45) is 5.73 Å². The van der Waals surface area contributed by atoms with Crippen LogP contribution in [0.3, 0.4) is 0 Å². The molecule has 1 heterocycles. The van der Waals surface area contributed by atoms with Crippen molar-refractivity contribution in [2.45, 2.75) is 32.1 Å². The molecule has 150 valence electrons. The van der Waals surface area contributed by atoms with E-state index in [1.807, 2.05) is 24.3 Å². The predicted octanol–water partition coefficient (Wildman–Crippen LogP) is 4.16. The van der Waals surface area contributed by atoms with Crippen LogP contribution in [0.4, 0.5) is 6.01 Å². The number of hydrogen-bond acceptors (Lipinski definition) is 6. The molecule has 2 aromatic carbocycles. The molecule has 1 aliphatic rings. The Bertz CT molecular complexity index is 825. The third-order valence-electron chi connectivity index (χ3n) is 4.23. The molecule has 0 atom stereocenters. The van der Waals surface area contributed by atoms with Crippen LogP contribution in [0.15, 0.2) is 46.9 Å². The van der Waals surface area contributed by atoms with Gasteiger partial charge >= 0.3 is 0 Å². The number of rotatable bonds is 3. The third kappa shape index (κ3) is 5.90. The van der Waals surface area contributed by atoms with E-state index in [0.29, 0.717) is 11.5 Å². The van der Waals surface area contributed by atoms with Crippen molar-refractivity contribution in [3.8, 4) is 11.5 Å². The summed E-state index contributed by atoms with van der Waals surface area (Å²) in [6.07, 6.45) is 7.50. The van der Waals surface area contributed by atoms with Crippen LogP contribution >= 0.6 is 0 Å². The molecule has 0 saturated heterocycles. The Morgan fingerprint density at radius 1 is 0.929 bits per heavy atom. The first-order valence-corrected chi connectivity index (χ1v) is 9.18. The minimum atomic E-state index is -0.561. The van der Waals surface area contributed by atoms with E-state index < -0.39 is 5.91 Å². The van der Waals surface area contributed by atoms with Crippen molar-refractivity contribution in [1.82, 2.24) is 4.98 Å². The Morgan fingerprint density at radius 2 is 1.46 bits per heavy atom. The van der Waals surface area contributed by atoms with E-state index in [4.69, 9.17) is 25.4 Å². The fourth-order valence-electron chi connectivity index (χ4n) is 2.87. The summed E-state index contributed by atoms with van der Waals surface area (Å²) in [4.78, 5) is 14.9. The second-order valence-electron chi connectivity index (χ2n) is 6.19. The maximum atomic E-state index is 11.0. The van der Waals surface area contributed by atoms with Crippen molar-refractivity contribution in [3.63, 3.8) is 0 Å². The van der Waals surface area contributed by atoms with Crippen LogP contribution in [0, 0.1) is 0 Å². The second-order valence-corrected chi connectivity index (χ2v) is 6.19. The summed E-state index contributed by atoms with van der Waals surface area (Å²) in [6, 6.07) is 12.7. The summed E-state index contributed by atoms with van der Waals surface area (Å²) in [5.74, 6) is 0.285. The summed E-state index contributed by atoms with van der Waals surface area (Å²) >= 11 is 0. The molecule has 7 nitrogen and oxygen atoms in total. The molecule has 4 N–H and O–H groups in total. The van der Waals surface area contributed by atoms with Crippen LogP contribution in [0.25, 0.3) is 11.1 Å². The van der Waals surface area contributed by atoms with Gasteiger partial charge in [-0.3, -0.25) is 4.79 Å². The molecule has 0 aliphatic heterocycles. The molecule has 1 amide bonds.